The Kier molecular flexibility index (Phi) is 3.37. The highest BCUT2D eigenvalue weighted by Gasteiger charge is 2.25. The van der Waals surface area contributed by atoms with E-state index in [1.165, 1.54) is 19.3 Å². The summed E-state index contributed by atoms with van der Waals surface area (Å²) in [4.78, 5) is 17.3. The molecule has 0 bridgehead atoms. The lowest BCUT2D eigenvalue weighted by Gasteiger charge is -2.35. The van der Waals surface area contributed by atoms with Gasteiger partial charge in [0.05, 0.1) is 13.2 Å². The minimum atomic E-state index is 0.290. The summed E-state index contributed by atoms with van der Waals surface area (Å²) in [6, 6.07) is 0.541. The first-order valence-corrected chi connectivity index (χ1v) is 6.81. The van der Waals surface area contributed by atoms with E-state index in [4.69, 9.17) is 10.5 Å². The van der Waals surface area contributed by atoms with Gasteiger partial charge >= 0.3 is 0 Å². The number of nitrogens with two attached hydrogens (primary N) is 1. The van der Waals surface area contributed by atoms with Crippen molar-refractivity contribution in [3.8, 4) is 0 Å². The summed E-state index contributed by atoms with van der Waals surface area (Å²) in [5.74, 6) is 1.63. The summed E-state index contributed by atoms with van der Waals surface area (Å²) in [7, 11) is 2.03. The molecule has 1 saturated heterocycles. The number of aromatic nitrogens is 3. The number of hydrogen-bond acceptors (Lipinski definition) is 7. The maximum Gasteiger partial charge on any atom is 0.232 e. The van der Waals surface area contributed by atoms with Gasteiger partial charge in [0.15, 0.2) is 0 Å². The molecule has 19 heavy (non-hydrogen) atoms. The highest BCUT2D eigenvalue weighted by molar-refractivity contribution is 5.44. The van der Waals surface area contributed by atoms with Gasteiger partial charge in [0.2, 0.25) is 17.8 Å². The van der Waals surface area contributed by atoms with E-state index >= 15 is 0 Å². The van der Waals surface area contributed by atoms with Crippen LogP contribution in [0, 0.1) is 0 Å². The molecule has 0 spiro atoms. The van der Waals surface area contributed by atoms with Crippen LogP contribution in [0.15, 0.2) is 0 Å². The summed E-state index contributed by atoms with van der Waals surface area (Å²) in [6.07, 6.45) is 3.69. The third-order valence-electron chi connectivity index (χ3n) is 3.86. The molecule has 2 N–H and O–H groups in total. The van der Waals surface area contributed by atoms with Crippen molar-refractivity contribution < 1.29 is 4.74 Å². The average Bonchev–Trinajstić information content (AvgIpc) is 2.37. The Hall–Kier alpha value is -1.63. The summed E-state index contributed by atoms with van der Waals surface area (Å²) >= 11 is 0. The van der Waals surface area contributed by atoms with Crippen molar-refractivity contribution in [2.24, 2.45) is 0 Å². The second kappa shape index (κ2) is 5.16. The number of anilines is 3. The number of morpholine rings is 1. The Labute approximate surface area is 112 Å². The molecule has 2 aliphatic rings. The van der Waals surface area contributed by atoms with Crippen LogP contribution in [0.1, 0.15) is 19.3 Å². The van der Waals surface area contributed by atoms with E-state index in [-0.39, 0.29) is 5.95 Å². The molecule has 2 fully saturated rings. The Morgan fingerprint density at radius 3 is 2.58 bits per heavy atom. The van der Waals surface area contributed by atoms with Crippen LogP contribution in [0.4, 0.5) is 17.8 Å². The Bertz CT molecular complexity index is 424. The third-order valence-corrected chi connectivity index (χ3v) is 3.86. The van der Waals surface area contributed by atoms with Crippen LogP contribution < -0.4 is 15.5 Å². The quantitative estimate of drug-likeness (QED) is 0.839. The molecule has 3 rings (SSSR count). The van der Waals surface area contributed by atoms with Crippen LogP contribution in [-0.2, 0) is 4.74 Å². The van der Waals surface area contributed by atoms with Gasteiger partial charge in [-0.05, 0) is 19.3 Å². The highest BCUT2D eigenvalue weighted by Crippen LogP contribution is 2.27. The Morgan fingerprint density at radius 2 is 1.95 bits per heavy atom. The van der Waals surface area contributed by atoms with E-state index in [1.807, 2.05) is 7.05 Å². The van der Waals surface area contributed by atoms with Crippen molar-refractivity contribution in [1.82, 2.24) is 15.0 Å². The van der Waals surface area contributed by atoms with Gasteiger partial charge < -0.3 is 20.3 Å². The monoisotopic (exact) mass is 264 g/mol. The molecule has 0 unspecified atom stereocenters. The fourth-order valence-electron chi connectivity index (χ4n) is 2.37. The van der Waals surface area contributed by atoms with Crippen molar-refractivity contribution >= 4 is 17.8 Å². The van der Waals surface area contributed by atoms with Gasteiger partial charge in [0.1, 0.15) is 0 Å². The van der Waals surface area contributed by atoms with E-state index in [0.29, 0.717) is 31.2 Å². The van der Waals surface area contributed by atoms with Gasteiger partial charge in [0, 0.05) is 26.2 Å². The molecule has 1 aromatic rings. The first-order valence-electron chi connectivity index (χ1n) is 6.81. The zero-order valence-corrected chi connectivity index (χ0v) is 11.2. The van der Waals surface area contributed by atoms with Crippen LogP contribution in [-0.4, -0.2) is 54.3 Å². The lowest BCUT2D eigenvalue weighted by Crippen LogP contribution is -2.40. The molecule has 0 radical (unpaired) electrons. The molecule has 0 amide bonds. The highest BCUT2D eigenvalue weighted by atomic mass is 16.5. The van der Waals surface area contributed by atoms with Crippen LogP contribution in [0.2, 0.25) is 0 Å². The maximum atomic E-state index is 5.82. The van der Waals surface area contributed by atoms with Gasteiger partial charge in [-0.3, -0.25) is 0 Å². The molecule has 0 atom stereocenters. The lowest BCUT2D eigenvalue weighted by atomic mass is 9.92. The van der Waals surface area contributed by atoms with Crippen molar-refractivity contribution in [3.05, 3.63) is 0 Å². The fourth-order valence-corrected chi connectivity index (χ4v) is 2.37. The van der Waals surface area contributed by atoms with Crippen LogP contribution in [0.5, 0.6) is 0 Å². The van der Waals surface area contributed by atoms with Crippen LogP contribution in [0.25, 0.3) is 0 Å². The van der Waals surface area contributed by atoms with Crippen molar-refractivity contribution in [2.45, 2.75) is 25.3 Å². The minimum absolute atomic E-state index is 0.290. The number of nitrogens with zero attached hydrogens (tertiary/aromatic N) is 5. The van der Waals surface area contributed by atoms with Crippen LogP contribution in [0.3, 0.4) is 0 Å². The smallest absolute Gasteiger partial charge is 0.232 e. The SMILES string of the molecule is CN(c1nc(N)nc(N2CCOCC2)n1)C1CCC1. The second-order valence-corrected chi connectivity index (χ2v) is 5.09. The summed E-state index contributed by atoms with van der Waals surface area (Å²) in [6.45, 7) is 3.02. The summed E-state index contributed by atoms with van der Waals surface area (Å²) in [5.41, 5.74) is 5.82. The molecular weight excluding hydrogens is 244 g/mol. The van der Waals surface area contributed by atoms with E-state index in [2.05, 4.69) is 24.8 Å². The predicted molar refractivity (Wildman–Crippen MR) is 73.3 cm³/mol. The van der Waals surface area contributed by atoms with Crippen molar-refractivity contribution in [1.29, 1.82) is 0 Å². The van der Waals surface area contributed by atoms with Gasteiger partial charge in [0.25, 0.3) is 0 Å². The normalized spacial score (nSPS) is 20.2. The van der Waals surface area contributed by atoms with E-state index in [9.17, 15) is 0 Å². The van der Waals surface area contributed by atoms with Gasteiger partial charge in [-0.25, -0.2) is 0 Å². The zero-order chi connectivity index (χ0) is 13.2. The number of rotatable bonds is 3. The summed E-state index contributed by atoms with van der Waals surface area (Å²) < 4.78 is 5.34. The van der Waals surface area contributed by atoms with Gasteiger partial charge in [-0.2, -0.15) is 15.0 Å². The first-order chi connectivity index (χ1) is 9.24. The largest absolute Gasteiger partial charge is 0.378 e. The van der Waals surface area contributed by atoms with E-state index in [1.54, 1.807) is 0 Å². The van der Waals surface area contributed by atoms with Crippen molar-refractivity contribution in [3.63, 3.8) is 0 Å². The van der Waals surface area contributed by atoms with Gasteiger partial charge in [-0.15, -0.1) is 0 Å². The standard InChI is InChI=1S/C12H20N6O/c1-17(9-3-2-4-9)11-14-10(13)15-12(16-11)18-5-7-19-8-6-18/h9H,2-8H2,1H3,(H2,13,14,15,16). The third kappa shape index (κ3) is 2.56. The Balaban J connectivity index is 1.82. The lowest BCUT2D eigenvalue weighted by molar-refractivity contribution is 0.122. The molecule has 1 aromatic heterocycles. The molecule has 7 nitrogen and oxygen atoms in total. The molecule has 104 valence electrons. The van der Waals surface area contributed by atoms with Crippen molar-refractivity contribution in [2.75, 3.05) is 48.9 Å². The number of ether oxygens (including phenoxy) is 1. The van der Waals surface area contributed by atoms with E-state index < -0.39 is 0 Å². The molecule has 0 aromatic carbocycles. The number of hydrogen-bond donors (Lipinski definition) is 1. The molecule has 7 heteroatoms. The predicted octanol–water partition coefficient (Wildman–Crippen LogP) is 0.279. The second-order valence-electron chi connectivity index (χ2n) is 5.09. The topological polar surface area (TPSA) is 80.4 Å². The maximum absolute atomic E-state index is 5.82. The molecule has 2 heterocycles. The Morgan fingerprint density at radius 1 is 1.21 bits per heavy atom. The zero-order valence-electron chi connectivity index (χ0n) is 11.2. The average molecular weight is 264 g/mol. The first kappa shape index (κ1) is 12.4. The molecule has 1 saturated carbocycles. The van der Waals surface area contributed by atoms with Gasteiger partial charge in [-0.1, -0.05) is 0 Å². The van der Waals surface area contributed by atoms with E-state index in [0.717, 1.165) is 13.1 Å². The minimum Gasteiger partial charge on any atom is -0.378 e. The molecular formula is C12H20N6O. The fraction of sp³-hybridized carbons (Fsp3) is 0.750. The van der Waals surface area contributed by atoms with Crippen LogP contribution >= 0.6 is 0 Å². The summed E-state index contributed by atoms with van der Waals surface area (Å²) in [5, 5.41) is 0. The molecule has 1 aliphatic heterocycles. The molecule has 1 aliphatic carbocycles. The number of nitrogen functional groups attached to an aromatic ring is 1.